The summed E-state index contributed by atoms with van der Waals surface area (Å²) in [5.74, 6) is -0.0792. The number of hydrogen-bond acceptors (Lipinski definition) is 3. The van der Waals surface area contributed by atoms with E-state index >= 15 is 0 Å². The molecule has 0 aromatic heterocycles. The summed E-state index contributed by atoms with van der Waals surface area (Å²) in [5, 5.41) is 6.05. The molecule has 0 aromatic rings. The van der Waals surface area contributed by atoms with E-state index < -0.39 is 0 Å². The van der Waals surface area contributed by atoms with Crippen molar-refractivity contribution in [3.63, 3.8) is 0 Å². The summed E-state index contributed by atoms with van der Waals surface area (Å²) in [4.78, 5) is 25.6. The Morgan fingerprint density at radius 3 is 2.44 bits per heavy atom. The van der Waals surface area contributed by atoms with Crippen LogP contribution in [0.3, 0.4) is 0 Å². The van der Waals surface area contributed by atoms with Gasteiger partial charge in [0.1, 0.15) is 0 Å². The standard InChI is InChI=1S/C13H25N3O2/c1-12(2,3)15-10(17)8-16(5)11(18)13(4)6-7-14-9-13/h14H,6-9H2,1-5H3,(H,15,17). The van der Waals surface area contributed by atoms with Crippen molar-refractivity contribution in [2.75, 3.05) is 26.7 Å². The van der Waals surface area contributed by atoms with Gasteiger partial charge in [0, 0.05) is 19.1 Å². The summed E-state index contributed by atoms with van der Waals surface area (Å²) < 4.78 is 0. The Morgan fingerprint density at radius 1 is 1.39 bits per heavy atom. The molecule has 2 amide bonds. The number of carbonyl (C=O) groups excluding carboxylic acids is 2. The fraction of sp³-hybridized carbons (Fsp3) is 0.846. The molecule has 5 nitrogen and oxygen atoms in total. The molecule has 2 N–H and O–H groups in total. The Morgan fingerprint density at radius 2 is 2.00 bits per heavy atom. The molecule has 1 atom stereocenters. The van der Waals surface area contributed by atoms with E-state index in [-0.39, 0.29) is 29.3 Å². The van der Waals surface area contributed by atoms with Gasteiger partial charge in [0.15, 0.2) is 0 Å². The zero-order valence-electron chi connectivity index (χ0n) is 12.1. The molecule has 1 saturated heterocycles. The van der Waals surface area contributed by atoms with Gasteiger partial charge in [0.25, 0.3) is 0 Å². The third-order valence-electron chi connectivity index (χ3n) is 3.13. The molecular formula is C13H25N3O2. The molecule has 5 heteroatoms. The average molecular weight is 255 g/mol. The van der Waals surface area contributed by atoms with Gasteiger partial charge in [-0.3, -0.25) is 9.59 Å². The zero-order valence-corrected chi connectivity index (χ0v) is 12.1. The number of hydrogen-bond donors (Lipinski definition) is 2. The van der Waals surface area contributed by atoms with Crippen LogP contribution >= 0.6 is 0 Å². The number of nitrogens with zero attached hydrogens (tertiary/aromatic N) is 1. The number of nitrogens with one attached hydrogen (secondary N) is 2. The summed E-state index contributed by atoms with van der Waals surface area (Å²) in [6.45, 7) is 9.40. The fourth-order valence-electron chi connectivity index (χ4n) is 2.21. The Bertz CT molecular complexity index is 328. The van der Waals surface area contributed by atoms with Crippen LogP contribution in [0, 0.1) is 5.41 Å². The highest BCUT2D eigenvalue weighted by Crippen LogP contribution is 2.26. The van der Waals surface area contributed by atoms with Gasteiger partial charge in [-0.15, -0.1) is 0 Å². The smallest absolute Gasteiger partial charge is 0.240 e. The first-order chi connectivity index (χ1) is 8.14. The highest BCUT2D eigenvalue weighted by atomic mass is 16.2. The first-order valence-electron chi connectivity index (χ1n) is 6.41. The van der Waals surface area contributed by atoms with Gasteiger partial charge in [0.05, 0.1) is 12.0 Å². The van der Waals surface area contributed by atoms with E-state index in [1.165, 1.54) is 4.90 Å². The van der Waals surface area contributed by atoms with Gasteiger partial charge in [-0.25, -0.2) is 0 Å². The largest absolute Gasteiger partial charge is 0.350 e. The van der Waals surface area contributed by atoms with Gasteiger partial charge < -0.3 is 15.5 Å². The summed E-state index contributed by atoms with van der Waals surface area (Å²) >= 11 is 0. The van der Waals surface area contributed by atoms with Crippen molar-refractivity contribution < 1.29 is 9.59 Å². The van der Waals surface area contributed by atoms with E-state index in [1.54, 1.807) is 7.05 Å². The molecule has 0 spiro atoms. The van der Waals surface area contributed by atoms with Crippen LogP contribution in [0.15, 0.2) is 0 Å². The van der Waals surface area contributed by atoms with E-state index in [2.05, 4.69) is 10.6 Å². The first-order valence-corrected chi connectivity index (χ1v) is 6.41. The topological polar surface area (TPSA) is 61.4 Å². The second-order valence-corrected chi connectivity index (χ2v) is 6.45. The number of carbonyl (C=O) groups is 2. The predicted octanol–water partition coefficient (Wildman–Crippen LogP) is 0.359. The van der Waals surface area contributed by atoms with Crippen LogP contribution < -0.4 is 10.6 Å². The molecule has 1 aliphatic rings. The van der Waals surface area contributed by atoms with E-state index in [0.29, 0.717) is 6.54 Å². The number of amides is 2. The van der Waals surface area contributed by atoms with Gasteiger partial charge in [-0.1, -0.05) is 0 Å². The molecule has 1 fully saturated rings. The lowest BCUT2D eigenvalue weighted by molar-refractivity contribution is -0.142. The maximum atomic E-state index is 12.3. The molecule has 1 unspecified atom stereocenters. The van der Waals surface area contributed by atoms with Crippen LogP contribution in [0.4, 0.5) is 0 Å². The van der Waals surface area contributed by atoms with E-state index in [4.69, 9.17) is 0 Å². The Balaban J connectivity index is 2.52. The van der Waals surface area contributed by atoms with E-state index in [0.717, 1.165) is 13.0 Å². The highest BCUT2D eigenvalue weighted by Gasteiger charge is 2.38. The number of likely N-dealkylation sites (N-methyl/N-ethyl adjacent to an activating group) is 1. The maximum Gasteiger partial charge on any atom is 0.240 e. The Hall–Kier alpha value is -1.10. The van der Waals surface area contributed by atoms with Gasteiger partial charge in [-0.05, 0) is 40.7 Å². The van der Waals surface area contributed by atoms with Crippen molar-refractivity contribution in [3.8, 4) is 0 Å². The van der Waals surface area contributed by atoms with E-state index in [9.17, 15) is 9.59 Å². The molecule has 1 rings (SSSR count). The third-order valence-corrected chi connectivity index (χ3v) is 3.13. The lowest BCUT2D eigenvalue weighted by atomic mass is 9.88. The van der Waals surface area contributed by atoms with Crippen molar-refractivity contribution in [3.05, 3.63) is 0 Å². The molecule has 0 aromatic carbocycles. The molecule has 0 saturated carbocycles. The monoisotopic (exact) mass is 255 g/mol. The summed E-state index contributed by atoms with van der Waals surface area (Å²) in [6, 6.07) is 0. The second kappa shape index (κ2) is 5.26. The molecule has 0 radical (unpaired) electrons. The van der Waals surface area contributed by atoms with Crippen LogP contribution in [-0.2, 0) is 9.59 Å². The molecule has 18 heavy (non-hydrogen) atoms. The van der Waals surface area contributed by atoms with Gasteiger partial charge >= 0.3 is 0 Å². The predicted molar refractivity (Wildman–Crippen MR) is 71.1 cm³/mol. The maximum absolute atomic E-state index is 12.3. The molecule has 1 aliphatic heterocycles. The van der Waals surface area contributed by atoms with Crippen molar-refractivity contribution >= 4 is 11.8 Å². The van der Waals surface area contributed by atoms with Crippen LogP contribution in [-0.4, -0.2) is 48.9 Å². The summed E-state index contributed by atoms with van der Waals surface area (Å²) in [7, 11) is 1.69. The Kier molecular flexibility index (Phi) is 4.37. The van der Waals surface area contributed by atoms with Crippen molar-refractivity contribution in [2.24, 2.45) is 5.41 Å². The van der Waals surface area contributed by atoms with Gasteiger partial charge in [-0.2, -0.15) is 0 Å². The molecule has 1 heterocycles. The molecule has 0 aliphatic carbocycles. The highest BCUT2D eigenvalue weighted by molar-refractivity contribution is 5.88. The van der Waals surface area contributed by atoms with E-state index in [1.807, 2.05) is 27.7 Å². The van der Waals surface area contributed by atoms with Crippen LogP contribution in [0.5, 0.6) is 0 Å². The lowest BCUT2D eigenvalue weighted by Gasteiger charge is -2.29. The number of rotatable bonds is 3. The quantitative estimate of drug-likeness (QED) is 0.765. The Labute approximate surface area is 109 Å². The first kappa shape index (κ1) is 15.0. The third kappa shape index (κ3) is 3.98. The minimum atomic E-state index is -0.364. The molecule has 104 valence electrons. The summed E-state index contributed by atoms with van der Waals surface area (Å²) in [5.41, 5.74) is -0.628. The van der Waals surface area contributed by atoms with Crippen LogP contribution in [0.2, 0.25) is 0 Å². The zero-order chi connectivity index (χ0) is 14.0. The molecule has 0 bridgehead atoms. The summed E-state index contributed by atoms with van der Waals surface area (Å²) in [6.07, 6.45) is 0.830. The van der Waals surface area contributed by atoms with Crippen molar-refractivity contribution in [1.29, 1.82) is 0 Å². The molecular weight excluding hydrogens is 230 g/mol. The average Bonchev–Trinajstić information content (AvgIpc) is 2.62. The minimum absolute atomic E-state index is 0.0385. The van der Waals surface area contributed by atoms with Crippen LogP contribution in [0.1, 0.15) is 34.1 Å². The second-order valence-electron chi connectivity index (χ2n) is 6.45. The fourth-order valence-corrected chi connectivity index (χ4v) is 2.21. The van der Waals surface area contributed by atoms with Crippen molar-refractivity contribution in [2.45, 2.75) is 39.7 Å². The SMILES string of the molecule is CN(CC(=O)NC(C)(C)C)C(=O)C1(C)CCNC1. The normalized spacial score (nSPS) is 23.8. The van der Waals surface area contributed by atoms with Gasteiger partial charge in [0.2, 0.25) is 11.8 Å². The van der Waals surface area contributed by atoms with Crippen molar-refractivity contribution in [1.82, 2.24) is 15.5 Å². The minimum Gasteiger partial charge on any atom is -0.350 e. The lowest BCUT2D eigenvalue weighted by Crippen LogP contribution is -2.49. The van der Waals surface area contributed by atoms with Crippen LogP contribution in [0.25, 0.3) is 0 Å².